The lowest BCUT2D eigenvalue weighted by molar-refractivity contribution is -0.123. The van der Waals surface area contributed by atoms with Crippen LogP contribution in [0.25, 0.3) is 0 Å². The largest absolute Gasteiger partial charge is 0.388 e. The minimum atomic E-state index is -0.968. The number of likely N-dealkylation sites (tertiary alicyclic amines) is 1. The molecule has 2 N–H and O–H groups in total. The number of piperidine rings is 1. The van der Waals surface area contributed by atoms with Crippen LogP contribution in [0.1, 0.15) is 50.7 Å². The van der Waals surface area contributed by atoms with Crippen molar-refractivity contribution in [3.63, 3.8) is 0 Å². The molecule has 2 unspecified atom stereocenters. The number of aliphatic hydroxyl groups excluding tert-OH is 1. The van der Waals surface area contributed by atoms with E-state index in [0.717, 1.165) is 19.5 Å². The van der Waals surface area contributed by atoms with E-state index in [1.807, 2.05) is 0 Å². The van der Waals surface area contributed by atoms with Gasteiger partial charge in [-0.2, -0.15) is 0 Å². The third-order valence-corrected chi connectivity index (χ3v) is 4.55. The van der Waals surface area contributed by atoms with E-state index in [1.54, 1.807) is 6.07 Å². The van der Waals surface area contributed by atoms with Crippen molar-refractivity contribution in [1.29, 1.82) is 0 Å². The van der Waals surface area contributed by atoms with Gasteiger partial charge in [0.2, 0.25) is 5.91 Å². The quantitative estimate of drug-likeness (QED) is 0.811. The molecule has 0 aromatic heterocycles. The molecule has 1 amide bonds. The molecule has 0 spiro atoms. The Hall–Kier alpha value is -1.46. The Kier molecular flexibility index (Phi) is 6.99. The maximum absolute atomic E-state index is 13.1. The lowest BCUT2D eigenvalue weighted by Gasteiger charge is -2.35. The fourth-order valence-electron chi connectivity index (χ4n) is 3.24. The molecular formula is C18H27FN2O2. The lowest BCUT2D eigenvalue weighted by Crippen LogP contribution is -2.43. The molecular weight excluding hydrogens is 295 g/mol. The van der Waals surface area contributed by atoms with Gasteiger partial charge in [0.05, 0.1) is 12.5 Å². The summed E-state index contributed by atoms with van der Waals surface area (Å²) in [5, 5.41) is 12.9. The summed E-state index contributed by atoms with van der Waals surface area (Å²) in [5.74, 6) is -0.607. The first-order valence-electron chi connectivity index (χ1n) is 8.54. The summed E-state index contributed by atoms with van der Waals surface area (Å²) in [7, 11) is 0. The smallest absolute Gasteiger partial charge is 0.223 e. The summed E-state index contributed by atoms with van der Waals surface area (Å²) in [4.78, 5) is 14.4. The van der Waals surface area contributed by atoms with Crippen molar-refractivity contribution < 1.29 is 14.3 Å². The summed E-state index contributed by atoms with van der Waals surface area (Å²) in [6.45, 7) is 4.74. The molecule has 1 aromatic carbocycles. The first-order chi connectivity index (χ1) is 11.1. The minimum absolute atomic E-state index is 0.0410. The van der Waals surface area contributed by atoms with E-state index < -0.39 is 11.9 Å². The van der Waals surface area contributed by atoms with Crippen LogP contribution in [0, 0.1) is 5.82 Å². The van der Waals surface area contributed by atoms with Crippen LogP contribution in [-0.4, -0.2) is 41.6 Å². The van der Waals surface area contributed by atoms with Crippen molar-refractivity contribution in [1.82, 2.24) is 10.2 Å². The Morgan fingerprint density at radius 1 is 1.48 bits per heavy atom. The molecule has 0 bridgehead atoms. The Balaban J connectivity index is 1.72. The second-order valence-electron chi connectivity index (χ2n) is 6.22. The first-order valence-corrected chi connectivity index (χ1v) is 8.54. The van der Waals surface area contributed by atoms with E-state index in [1.165, 1.54) is 37.5 Å². The van der Waals surface area contributed by atoms with Gasteiger partial charge in [0, 0.05) is 19.1 Å². The molecule has 5 heteroatoms. The number of nitrogens with zero attached hydrogens (tertiary/aromatic N) is 1. The highest BCUT2D eigenvalue weighted by atomic mass is 19.1. The molecule has 0 saturated carbocycles. The van der Waals surface area contributed by atoms with Gasteiger partial charge in [-0.05, 0) is 43.5 Å². The van der Waals surface area contributed by atoms with Crippen LogP contribution in [0.2, 0.25) is 0 Å². The van der Waals surface area contributed by atoms with E-state index in [-0.39, 0.29) is 12.3 Å². The van der Waals surface area contributed by atoms with E-state index in [0.29, 0.717) is 18.2 Å². The predicted octanol–water partition coefficient (Wildman–Crippen LogP) is 2.63. The average Bonchev–Trinajstić information content (AvgIpc) is 2.55. The normalized spacial score (nSPS) is 20.2. The molecule has 1 saturated heterocycles. The standard InChI is InChI=1S/C18H27FN2O2/c1-2-16-8-3-4-10-21(16)11-9-20-18(23)13-17(22)14-6-5-7-15(19)12-14/h5-7,12,16-17,22H,2-4,8-11,13H2,1H3,(H,20,23). The Morgan fingerprint density at radius 2 is 2.30 bits per heavy atom. The van der Waals surface area contributed by atoms with Crippen LogP contribution >= 0.6 is 0 Å². The number of hydrogen-bond donors (Lipinski definition) is 2. The third kappa shape index (κ3) is 5.59. The van der Waals surface area contributed by atoms with Crippen LogP contribution in [0.3, 0.4) is 0 Å². The van der Waals surface area contributed by atoms with Crippen LogP contribution in [0.5, 0.6) is 0 Å². The number of carbonyl (C=O) groups excluding carboxylic acids is 1. The molecule has 23 heavy (non-hydrogen) atoms. The van der Waals surface area contributed by atoms with E-state index >= 15 is 0 Å². The van der Waals surface area contributed by atoms with Crippen molar-refractivity contribution >= 4 is 5.91 Å². The zero-order valence-electron chi connectivity index (χ0n) is 13.8. The fraction of sp³-hybridized carbons (Fsp3) is 0.611. The fourth-order valence-corrected chi connectivity index (χ4v) is 3.24. The van der Waals surface area contributed by atoms with E-state index in [4.69, 9.17) is 0 Å². The molecule has 2 rings (SSSR count). The molecule has 1 heterocycles. The van der Waals surface area contributed by atoms with Crippen LogP contribution in [-0.2, 0) is 4.79 Å². The van der Waals surface area contributed by atoms with Crippen molar-refractivity contribution in [3.05, 3.63) is 35.6 Å². The number of rotatable bonds is 7. The highest BCUT2D eigenvalue weighted by molar-refractivity contribution is 5.76. The third-order valence-electron chi connectivity index (χ3n) is 4.55. The zero-order chi connectivity index (χ0) is 16.7. The van der Waals surface area contributed by atoms with Gasteiger partial charge in [0.25, 0.3) is 0 Å². The number of benzene rings is 1. The predicted molar refractivity (Wildman–Crippen MR) is 88.5 cm³/mol. The molecule has 4 nitrogen and oxygen atoms in total. The molecule has 0 aliphatic carbocycles. The SMILES string of the molecule is CCC1CCCCN1CCNC(=O)CC(O)c1cccc(F)c1. The molecule has 1 fully saturated rings. The Bertz CT molecular complexity index is 510. The molecule has 1 aliphatic rings. The summed E-state index contributed by atoms with van der Waals surface area (Å²) < 4.78 is 13.1. The number of halogens is 1. The molecule has 0 radical (unpaired) electrons. The maximum atomic E-state index is 13.1. The highest BCUT2D eigenvalue weighted by Gasteiger charge is 2.20. The molecule has 128 valence electrons. The zero-order valence-corrected chi connectivity index (χ0v) is 13.8. The number of carbonyl (C=O) groups is 1. The average molecular weight is 322 g/mol. The maximum Gasteiger partial charge on any atom is 0.223 e. The van der Waals surface area contributed by atoms with Gasteiger partial charge >= 0.3 is 0 Å². The van der Waals surface area contributed by atoms with Crippen LogP contribution < -0.4 is 5.32 Å². The second-order valence-corrected chi connectivity index (χ2v) is 6.22. The molecule has 2 atom stereocenters. The van der Waals surface area contributed by atoms with Gasteiger partial charge in [-0.25, -0.2) is 4.39 Å². The van der Waals surface area contributed by atoms with Crippen molar-refractivity contribution in [2.45, 2.75) is 51.2 Å². The topological polar surface area (TPSA) is 52.6 Å². The van der Waals surface area contributed by atoms with Crippen molar-refractivity contribution in [2.75, 3.05) is 19.6 Å². The van der Waals surface area contributed by atoms with Gasteiger partial charge in [-0.1, -0.05) is 25.5 Å². The first kappa shape index (κ1) is 17.9. The van der Waals surface area contributed by atoms with Gasteiger partial charge in [-0.3, -0.25) is 9.69 Å². The Labute approximate surface area is 137 Å². The van der Waals surface area contributed by atoms with Crippen LogP contribution in [0.4, 0.5) is 4.39 Å². The summed E-state index contributed by atoms with van der Waals surface area (Å²) in [6.07, 6.45) is 3.89. The summed E-state index contributed by atoms with van der Waals surface area (Å²) in [6, 6.07) is 6.36. The minimum Gasteiger partial charge on any atom is -0.388 e. The van der Waals surface area contributed by atoms with Crippen molar-refractivity contribution in [3.8, 4) is 0 Å². The van der Waals surface area contributed by atoms with E-state index in [2.05, 4.69) is 17.1 Å². The second kappa shape index (κ2) is 8.99. The lowest BCUT2D eigenvalue weighted by atomic mass is 10.0. The van der Waals surface area contributed by atoms with Gasteiger partial charge in [0.15, 0.2) is 0 Å². The number of hydrogen-bond acceptors (Lipinski definition) is 3. The molecule has 1 aromatic rings. The number of amides is 1. The van der Waals surface area contributed by atoms with Gasteiger partial charge < -0.3 is 10.4 Å². The number of nitrogens with one attached hydrogen (secondary N) is 1. The summed E-state index contributed by atoms with van der Waals surface area (Å²) >= 11 is 0. The summed E-state index contributed by atoms with van der Waals surface area (Å²) in [5.41, 5.74) is 0.433. The van der Waals surface area contributed by atoms with Gasteiger partial charge in [-0.15, -0.1) is 0 Å². The monoisotopic (exact) mass is 322 g/mol. The number of aliphatic hydroxyl groups is 1. The highest BCUT2D eigenvalue weighted by Crippen LogP contribution is 2.19. The van der Waals surface area contributed by atoms with Crippen LogP contribution in [0.15, 0.2) is 24.3 Å². The van der Waals surface area contributed by atoms with Gasteiger partial charge in [0.1, 0.15) is 5.82 Å². The van der Waals surface area contributed by atoms with Crippen molar-refractivity contribution in [2.24, 2.45) is 0 Å². The Morgan fingerprint density at radius 3 is 3.04 bits per heavy atom. The molecule has 1 aliphatic heterocycles. The van der Waals surface area contributed by atoms with E-state index in [9.17, 15) is 14.3 Å².